The van der Waals surface area contributed by atoms with Crippen molar-refractivity contribution in [3.63, 3.8) is 0 Å². The Morgan fingerprint density at radius 2 is 1.89 bits per heavy atom. The summed E-state index contributed by atoms with van der Waals surface area (Å²) in [6.45, 7) is 0. The van der Waals surface area contributed by atoms with Crippen molar-refractivity contribution < 1.29 is 4.79 Å². The maximum atomic E-state index is 12.6. The summed E-state index contributed by atoms with van der Waals surface area (Å²) in [5.74, 6) is 0.207. The number of nitrogens with one attached hydrogen (secondary N) is 2. The number of carbonyl (C=O) groups excluding carboxylic acids is 1. The summed E-state index contributed by atoms with van der Waals surface area (Å²) >= 11 is 1.52. The van der Waals surface area contributed by atoms with Gasteiger partial charge in [0, 0.05) is 30.2 Å². The molecule has 5 heteroatoms. The molecule has 1 atom stereocenters. The topological polar surface area (TPSA) is 44.4 Å². The van der Waals surface area contributed by atoms with Gasteiger partial charge in [-0.15, -0.1) is 11.3 Å². The van der Waals surface area contributed by atoms with Gasteiger partial charge in [-0.25, -0.2) is 0 Å². The van der Waals surface area contributed by atoms with Crippen molar-refractivity contribution in [1.29, 1.82) is 0 Å². The smallest absolute Gasteiger partial charge is 0.174 e. The van der Waals surface area contributed by atoms with Crippen LogP contribution in [0.5, 0.6) is 0 Å². The minimum absolute atomic E-state index is 0.0340. The third-order valence-electron chi connectivity index (χ3n) is 5.43. The largest absolute Gasteiger partial charge is 0.362 e. The molecule has 3 rings (SSSR count). The molecule has 1 aromatic heterocycles. The predicted octanol–water partition coefficient (Wildman–Crippen LogP) is 4.78. The molecule has 150 valence electrons. The summed E-state index contributed by atoms with van der Waals surface area (Å²) in [6.07, 6.45) is 9.28. The lowest BCUT2D eigenvalue weighted by atomic mass is 9.90. The number of hydrogen-bond acceptors (Lipinski definition) is 5. The zero-order valence-corrected chi connectivity index (χ0v) is 17.6. The zero-order valence-electron chi connectivity index (χ0n) is 16.8. The SMILES string of the molecule is CN(C)C1CCC(NC(/C=C\Nc2ccccc2)CC(=O)c2cccs2)CC1. The first-order valence-electron chi connectivity index (χ1n) is 10.1. The van der Waals surface area contributed by atoms with Gasteiger partial charge in [0.25, 0.3) is 0 Å². The normalized spacial score (nSPS) is 21.1. The summed E-state index contributed by atoms with van der Waals surface area (Å²) in [6, 6.07) is 15.1. The molecule has 1 aliphatic rings. The highest BCUT2D eigenvalue weighted by Gasteiger charge is 2.24. The molecule has 1 unspecified atom stereocenters. The van der Waals surface area contributed by atoms with Crippen LogP contribution in [0.4, 0.5) is 5.69 Å². The van der Waals surface area contributed by atoms with Crippen LogP contribution in [0.25, 0.3) is 0 Å². The van der Waals surface area contributed by atoms with Gasteiger partial charge in [-0.05, 0) is 69.6 Å². The van der Waals surface area contributed by atoms with Crippen LogP contribution in [-0.2, 0) is 0 Å². The Balaban J connectivity index is 1.59. The Bertz CT molecular complexity index is 734. The second-order valence-corrected chi connectivity index (χ2v) is 8.66. The Hall–Kier alpha value is -1.95. The molecule has 0 aliphatic heterocycles. The lowest BCUT2D eigenvalue weighted by molar-refractivity contribution is 0.0975. The molecule has 0 bridgehead atoms. The van der Waals surface area contributed by atoms with Crippen LogP contribution < -0.4 is 10.6 Å². The van der Waals surface area contributed by atoms with Crippen molar-refractivity contribution in [3.8, 4) is 0 Å². The maximum absolute atomic E-state index is 12.6. The number of hydrogen-bond donors (Lipinski definition) is 2. The van der Waals surface area contributed by atoms with Crippen LogP contribution in [0.15, 0.2) is 60.1 Å². The van der Waals surface area contributed by atoms with Crippen LogP contribution in [0, 0.1) is 0 Å². The molecular formula is C23H31N3OS. The maximum Gasteiger partial charge on any atom is 0.174 e. The average Bonchev–Trinajstić information content (AvgIpc) is 3.24. The van der Waals surface area contributed by atoms with Crippen LogP contribution in [0.3, 0.4) is 0 Å². The summed E-state index contributed by atoms with van der Waals surface area (Å²) < 4.78 is 0. The molecule has 0 radical (unpaired) electrons. The van der Waals surface area contributed by atoms with Gasteiger partial charge in [0.2, 0.25) is 0 Å². The number of carbonyl (C=O) groups is 1. The molecule has 2 aromatic rings. The second-order valence-electron chi connectivity index (χ2n) is 7.72. The number of benzene rings is 1. The van der Waals surface area contributed by atoms with Crippen LogP contribution in [0.1, 0.15) is 41.8 Å². The van der Waals surface area contributed by atoms with Gasteiger partial charge in [0.15, 0.2) is 5.78 Å². The van der Waals surface area contributed by atoms with Gasteiger partial charge >= 0.3 is 0 Å². The van der Waals surface area contributed by atoms with Crippen molar-refractivity contribution in [1.82, 2.24) is 10.2 Å². The minimum atomic E-state index is 0.0340. The number of Topliss-reactive ketones (excluding diaryl/α,β-unsaturated/α-hetero) is 1. The van der Waals surface area contributed by atoms with E-state index in [0.717, 1.165) is 23.4 Å². The number of para-hydroxylation sites is 1. The highest BCUT2D eigenvalue weighted by Crippen LogP contribution is 2.23. The first-order valence-corrected chi connectivity index (χ1v) is 11.0. The predicted molar refractivity (Wildman–Crippen MR) is 119 cm³/mol. The first-order chi connectivity index (χ1) is 13.6. The molecule has 1 heterocycles. The second kappa shape index (κ2) is 10.6. The summed E-state index contributed by atoms with van der Waals surface area (Å²) in [4.78, 5) is 15.8. The third kappa shape index (κ3) is 6.30. The average molecular weight is 398 g/mol. The molecule has 1 fully saturated rings. The lowest BCUT2D eigenvalue weighted by Crippen LogP contribution is -2.43. The molecule has 0 spiro atoms. The third-order valence-corrected chi connectivity index (χ3v) is 6.34. The van der Waals surface area contributed by atoms with E-state index in [1.165, 1.54) is 24.2 Å². The Labute approximate surface area is 172 Å². The number of anilines is 1. The van der Waals surface area contributed by atoms with Gasteiger partial charge in [0.1, 0.15) is 0 Å². The van der Waals surface area contributed by atoms with Crippen LogP contribution in [-0.4, -0.2) is 42.9 Å². The molecule has 1 aromatic carbocycles. The van der Waals surface area contributed by atoms with Gasteiger partial charge in [-0.2, -0.15) is 0 Å². The molecule has 0 saturated heterocycles. The standard InChI is InChI=1S/C23H31N3OS/c1-26(2)21-12-10-19(11-13-21)25-20(17-22(27)23-9-6-16-28-23)14-15-24-18-7-4-3-5-8-18/h3-9,14-16,19-21,24-25H,10-13,17H2,1-2H3/b15-14-. The number of nitrogens with zero attached hydrogens (tertiary/aromatic N) is 1. The Kier molecular flexibility index (Phi) is 7.83. The van der Waals surface area contributed by atoms with Crippen molar-refractivity contribution >= 4 is 22.8 Å². The Morgan fingerprint density at radius 1 is 1.14 bits per heavy atom. The van der Waals surface area contributed by atoms with E-state index in [9.17, 15) is 4.79 Å². The minimum Gasteiger partial charge on any atom is -0.362 e. The molecule has 1 saturated carbocycles. The van der Waals surface area contributed by atoms with Crippen molar-refractivity contribution in [2.45, 2.75) is 50.2 Å². The van der Waals surface area contributed by atoms with Crippen LogP contribution >= 0.6 is 11.3 Å². The van der Waals surface area contributed by atoms with Gasteiger partial charge in [0.05, 0.1) is 4.88 Å². The monoisotopic (exact) mass is 397 g/mol. The fourth-order valence-electron chi connectivity index (χ4n) is 3.78. The van der Waals surface area contributed by atoms with Gasteiger partial charge in [-0.3, -0.25) is 4.79 Å². The highest BCUT2D eigenvalue weighted by atomic mass is 32.1. The molecule has 2 N–H and O–H groups in total. The van der Waals surface area contributed by atoms with Crippen molar-refractivity contribution in [2.24, 2.45) is 0 Å². The van der Waals surface area contributed by atoms with E-state index < -0.39 is 0 Å². The van der Waals surface area contributed by atoms with E-state index in [4.69, 9.17) is 0 Å². The number of rotatable bonds is 9. The van der Waals surface area contributed by atoms with E-state index in [2.05, 4.69) is 35.7 Å². The van der Waals surface area contributed by atoms with Crippen molar-refractivity contribution in [3.05, 3.63) is 65.0 Å². The van der Waals surface area contributed by atoms with E-state index in [1.54, 1.807) is 0 Å². The van der Waals surface area contributed by atoms with Crippen molar-refractivity contribution in [2.75, 3.05) is 19.4 Å². The van der Waals surface area contributed by atoms with Crippen LogP contribution in [0.2, 0.25) is 0 Å². The molecule has 28 heavy (non-hydrogen) atoms. The summed E-state index contributed by atoms with van der Waals surface area (Å²) in [5.41, 5.74) is 1.05. The van der Waals surface area contributed by atoms with E-state index in [0.29, 0.717) is 18.5 Å². The van der Waals surface area contributed by atoms with Gasteiger partial charge < -0.3 is 15.5 Å². The fraction of sp³-hybridized carbons (Fsp3) is 0.435. The van der Waals surface area contributed by atoms with E-state index >= 15 is 0 Å². The van der Waals surface area contributed by atoms with E-state index in [1.807, 2.05) is 54.0 Å². The fourth-order valence-corrected chi connectivity index (χ4v) is 4.45. The Morgan fingerprint density at radius 3 is 2.54 bits per heavy atom. The number of thiophene rings is 1. The zero-order chi connectivity index (χ0) is 19.8. The van der Waals surface area contributed by atoms with E-state index in [-0.39, 0.29) is 11.8 Å². The summed E-state index contributed by atoms with van der Waals surface area (Å²) in [5, 5.41) is 9.00. The number of ketones is 1. The highest BCUT2D eigenvalue weighted by molar-refractivity contribution is 7.12. The lowest BCUT2D eigenvalue weighted by Gasteiger charge is -2.34. The molecular weight excluding hydrogens is 366 g/mol. The molecule has 4 nitrogen and oxygen atoms in total. The molecule has 0 amide bonds. The first kappa shape index (κ1) is 20.8. The molecule has 1 aliphatic carbocycles. The summed E-state index contributed by atoms with van der Waals surface area (Å²) in [7, 11) is 4.33. The quantitative estimate of drug-likeness (QED) is 0.598. The van der Waals surface area contributed by atoms with Gasteiger partial charge in [-0.1, -0.05) is 30.3 Å².